The first-order chi connectivity index (χ1) is 10.5. The number of hydrogen-bond acceptors (Lipinski definition) is 5. The molecule has 0 atom stereocenters. The zero-order valence-electron chi connectivity index (χ0n) is 12.7. The summed E-state index contributed by atoms with van der Waals surface area (Å²) >= 11 is 0. The smallest absolute Gasteiger partial charge is 0.449 e. The van der Waals surface area contributed by atoms with Gasteiger partial charge in [-0.15, -0.1) is 0 Å². The van der Waals surface area contributed by atoms with Gasteiger partial charge in [-0.05, 0) is 26.0 Å². The fourth-order valence-electron chi connectivity index (χ4n) is 2.77. The van der Waals surface area contributed by atoms with E-state index in [-0.39, 0.29) is 5.75 Å². The molecule has 0 unspecified atom stereocenters. The highest BCUT2D eigenvalue weighted by molar-refractivity contribution is 5.85. The minimum atomic E-state index is -1.33. The van der Waals surface area contributed by atoms with Crippen molar-refractivity contribution < 1.29 is 14.6 Å². The Labute approximate surface area is 128 Å². The Balaban J connectivity index is 1.82. The number of H-pyrrole nitrogens is 1. The number of rotatable bonds is 3. The minimum Gasteiger partial charge on any atom is -0.449 e. The van der Waals surface area contributed by atoms with E-state index in [4.69, 9.17) is 9.84 Å². The molecule has 0 bridgehead atoms. The Bertz CT molecular complexity index is 674. The van der Waals surface area contributed by atoms with Gasteiger partial charge in [0.1, 0.15) is 5.52 Å². The van der Waals surface area contributed by atoms with E-state index in [1.54, 1.807) is 12.1 Å². The molecule has 22 heavy (non-hydrogen) atoms. The highest BCUT2D eigenvalue weighted by Crippen LogP contribution is 2.27. The number of carboxylic acid groups (broad SMARTS) is 1. The maximum absolute atomic E-state index is 10.7. The first kappa shape index (κ1) is 14.6. The molecule has 118 valence electrons. The molecule has 7 heteroatoms. The van der Waals surface area contributed by atoms with Gasteiger partial charge in [0.15, 0.2) is 5.75 Å². The molecule has 1 fully saturated rings. The normalized spacial score (nSPS) is 16.4. The van der Waals surface area contributed by atoms with Crippen LogP contribution in [0.2, 0.25) is 0 Å². The number of piperazine rings is 1. The van der Waals surface area contributed by atoms with Gasteiger partial charge < -0.3 is 19.7 Å². The lowest BCUT2D eigenvalue weighted by Gasteiger charge is -2.36. The van der Waals surface area contributed by atoms with E-state index in [1.807, 2.05) is 6.07 Å². The molecule has 2 aromatic rings. The summed E-state index contributed by atoms with van der Waals surface area (Å²) in [6, 6.07) is 5.77. The molecule has 2 N–H and O–H groups in total. The summed E-state index contributed by atoms with van der Waals surface area (Å²) in [7, 11) is 0. The monoisotopic (exact) mass is 304 g/mol. The van der Waals surface area contributed by atoms with E-state index in [1.165, 1.54) is 0 Å². The average Bonchev–Trinajstić information content (AvgIpc) is 2.92. The lowest BCUT2D eigenvalue weighted by atomic mass is 10.2. The largest absolute Gasteiger partial charge is 0.511 e. The lowest BCUT2D eigenvalue weighted by Crippen LogP contribution is -2.49. The van der Waals surface area contributed by atoms with Crippen LogP contribution >= 0.6 is 0 Å². The van der Waals surface area contributed by atoms with E-state index in [0.717, 1.165) is 37.6 Å². The number of anilines is 1. The number of imidazole rings is 1. The molecule has 1 aliphatic rings. The van der Waals surface area contributed by atoms with Crippen molar-refractivity contribution >= 4 is 23.1 Å². The highest BCUT2D eigenvalue weighted by Gasteiger charge is 2.21. The van der Waals surface area contributed by atoms with Crippen LogP contribution in [0.3, 0.4) is 0 Å². The van der Waals surface area contributed by atoms with Crippen molar-refractivity contribution in [1.29, 1.82) is 0 Å². The van der Waals surface area contributed by atoms with E-state index in [9.17, 15) is 4.79 Å². The third-order valence-corrected chi connectivity index (χ3v) is 4.00. The Morgan fingerprint density at radius 2 is 2.05 bits per heavy atom. The molecular formula is C15H20N4O3. The number of hydrogen-bond donors (Lipinski definition) is 2. The molecule has 1 saturated heterocycles. The van der Waals surface area contributed by atoms with Gasteiger partial charge in [-0.2, -0.15) is 0 Å². The van der Waals surface area contributed by atoms with Crippen LogP contribution in [0.25, 0.3) is 11.0 Å². The van der Waals surface area contributed by atoms with Crippen LogP contribution in [0.1, 0.15) is 13.8 Å². The van der Waals surface area contributed by atoms with E-state index in [2.05, 4.69) is 33.6 Å². The van der Waals surface area contributed by atoms with E-state index < -0.39 is 6.16 Å². The third-order valence-electron chi connectivity index (χ3n) is 4.00. The molecule has 0 spiro atoms. The highest BCUT2D eigenvalue weighted by atomic mass is 16.7. The zero-order chi connectivity index (χ0) is 15.7. The number of ether oxygens (including phenoxy) is 1. The standard InChI is InChI=1S/C15H20N4O3/c1-10(2)18-6-8-19(9-7-18)14-16-11-4-3-5-12(13(11)17-14)22-15(20)21/h3-5,10H,6-9H2,1-2H3,(H,16,17)(H,20,21). The van der Waals surface area contributed by atoms with Crippen LogP contribution < -0.4 is 9.64 Å². The second kappa shape index (κ2) is 5.84. The first-order valence-electron chi connectivity index (χ1n) is 7.43. The molecule has 1 aromatic heterocycles. The molecule has 0 saturated carbocycles. The van der Waals surface area contributed by atoms with Crippen molar-refractivity contribution in [3.8, 4) is 5.75 Å². The van der Waals surface area contributed by atoms with Crippen LogP contribution in [-0.4, -0.2) is 58.4 Å². The quantitative estimate of drug-likeness (QED) is 0.668. The van der Waals surface area contributed by atoms with Gasteiger partial charge >= 0.3 is 6.16 Å². The molecule has 1 aliphatic heterocycles. The van der Waals surface area contributed by atoms with Gasteiger partial charge in [-0.1, -0.05) is 6.07 Å². The molecule has 2 heterocycles. The van der Waals surface area contributed by atoms with Gasteiger partial charge in [0.25, 0.3) is 0 Å². The molecule has 3 rings (SSSR count). The maximum atomic E-state index is 10.7. The summed E-state index contributed by atoms with van der Waals surface area (Å²) in [6.07, 6.45) is -1.33. The number of fused-ring (bicyclic) bond motifs is 1. The molecule has 0 aliphatic carbocycles. The van der Waals surface area contributed by atoms with Gasteiger partial charge in [0.05, 0.1) is 5.52 Å². The summed E-state index contributed by atoms with van der Waals surface area (Å²) in [5.41, 5.74) is 1.33. The topological polar surface area (TPSA) is 81.7 Å². The van der Waals surface area contributed by atoms with Crippen molar-refractivity contribution in [3.63, 3.8) is 0 Å². The van der Waals surface area contributed by atoms with E-state index >= 15 is 0 Å². The van der Waals surface area contributed by atoms with Crippen LogP contribution in [0, 0.1) is 0 Å². The van der Waals surface area contributed by atoms with Crippen molar-refractivity contribution in [1.82, 2.24) is 14.9 Å². The molecule has 1 aromatic carbocycles. The predicted molar refractivity (Wildman–Crippen MR) is 83.7 cm³/mol. The number of nitrogens with one attached hydrogen (secondary N) is 1. The van der Waals surface area contributed by atoms with Crippen LogP contribution in [0.5, 0.6) is 5.75 Å². The second-order valence-corrected chi connectivity index (χ2v) is 5.70. The fraction of sp³-hybridized carbons (Fsp3) is 0.467. The van der Waals surface area contributed by atoms with Gasteiger partial charge in [-0.3, -0.25) is 4.90 Å². The van der Waals surface area contributed by atoms with E-state index in [0.29, 0.717) is 11.6 Å². The number of aromatic nitrogens is 2. The summed E-state index contributed by atoms with van der Waals surface area (Å²) < 4.78 is 4.78. The Morgan fingerprint density at radius 1 is 1.32 bits per heavy atom. The Hall–Kier alpha value is -2.28. The molecular weight excluding hydrogens is 284 g/mol. The predicted octanol–water partition coefficient (Wildman–Crippen LogP) is 2.15. The summed E-state index contributed by atoms with van der Waals surface area (Å²) in [6.45, 7) is 8.18. The lowest BCUT2D eigenvalue weighted by molar-refractivity contribution is 0.145. The van der Waals surface area contributed by atoms with Gasteiger partial charge in [0, 0.05) is 32.2 Å². The summed E-state index contributed by atoms with van der Waals surface area (Å²) in [5.74, 6) is 1.02. The third kappa shape index (κ3) is 2.85. The van der Waals surface area contributed by atoms with Crippen LogP contribution in [-0.2, 0) is 0 Å². The summed E-state index contributed by atoms with van der Waals surface area (Å²) in [5, 5.41) is 8.79. The number of para-hydroxylation sites is 1. The van der Waals surface area contributed by atoms with Crippen LogP contribution in [0.15, 0.2) is 18.2 Å². The Morgan fingerprint density at radius 3 is 2.68 bits per heavy atom. The Kier molecular flexibility index (Phi) is 3.89. The minimum absolute atomic E-state index is 0.258. The SMILES string of the molecule is CC(C)N1CCN(c2nc3c(OC(=O)O)cccc3[nH]2)CC1. The molecule has 7 nitrogen and oxygen atoms in total. The number of nitrogens with zero attached hydrogens (tertiary/aromatic N) is 3. The molecule has 0 radical (unpaired) electrons. The maximum Gasteiger partial charge on any atom is 0.511 e. The number of carbonyl (C=O) groups is 1. The average molecular weight is 304 g/mol. The number of benzene rings is 1. The van der Waals surface area contributed by atoms with Crippen molar-refractivity contribution in [2.75, 3.05) is 31.1 Å². The number of aromatic amines is 1. The van der Waals surface area contributed by atoms with Crippen molar-refractivity contribution in [2.24, 2.45) is 0 Å². The van der Waals surface area contributed by atoms with Crippen LogP contribution in [0.4, 0.5) is 10.7 Å². The van der Waals surface area contributed by atoms with Crippen molar-refractivity contribution in [3.05, 3.63) is 18.2 Å². The van der Waals surface area contributed by atoms with Crippen molar-refractivity contribution in [2.45, 2.75) is 19.9 Å². The molecule has 0 amide bonds. The first-order valence-corrected chi connectivity index (χ1v) is 7.43. The fourth-order valence-corrected chi connectivity index (χ4v) is 2.77. The van der Waals surface area contributed by atoms with Gasteiger partial charge in [-0.25, -0.2) is 9.78 Å². The van der Waals surface area contributed by atoms with Gasteiger partial charge in [0.2, 0.25) is 5.95 Å². The summed E-state index contributed by atoms with van der Waals surface area (Å²) in [4.78, 5) is 23.1. The second-order valence-electron chi connectivity index (χ2n) is 5.70. The zero-order valence-corrected chi connectivity index (χ0v) is 12.7.